The summed E-state index contributed by atoms with van der Waals surface area (Å²) < 4.78 is 1.19. The van der Waals surface area contributed by atoms with E-state index < -0.39 is 10.8 Å². The van der Waals surface area contributed by atoms with Crippen LogP contribution < -0.4 is 10.9 Å². The molecule has 0 unspecified atom stereocenters. The second-order valence-electron chi connectivity index (χ2n) is 5.68. The number of carbonyl (C=O) groups is 1. The maximum absolute atomic E-state index is 12.9. The largest absolute Gasteiger partial charge is 0.319 e. The van der Waals surface area contributed by atoms with Gasteiger partial charge in [-0.1, -0.05) is 6.07 Å². The van der Waals surface area contributed by atoms with Crippen LogP contribution in [0.2, 0.25) is 0 Å². The maximum atomic E-state index is 12.9. The molecule has 0 bridgehead atoms. The molecule has 0 radical (unpaired) electrons. The van der Waals surface area contributed by atoms with Gasteiger partial charge in [-0.3, -0.25) is 29.3 Å². The summed E-state index contributed by atoms with van der Waals surface area (Å²) in [5, 5.41) is 17.7. The SMILES string of the molecule is O=C(Cn1cnc2scc(-c3cccs3)c2c1=O)Nc1ccncc1[N+](=O)[O-]. The van der Waals surface area contributed by atoms with Gasteiger partial charge in [0.05, 0.1) is 16.6 Å². The van der Waals surface area contributed by atoms with E-state index in [0.29, 0.717) is 10.2 Å². The molecule has 1 amide bonds. The fourth-order valence-corrected chi connectivity index (χ4v) is 4.40. The zero-order valence-electron chi connectivity index (χ0n) is 14.1. The molecule has 0 aliphatic carbocycles. The minimum absolute atomic E-state index is 0.0156. The van der Waals surface area contributed by atoms with Crippen molar-refractivity contribution in [1.29, 1.82) is 0 Å². The Morgan fingerprint density at radius 1 is 1.32 bits per heavy atom. The summed E-state index contributed by atoms with van der Waals surface area (Å²) in [7, 11) is 0. The lowest BCUT2D eigenvalue weighted by molar-refractivity contribution is -0.384. The Kier molecular flexibility index (Phi) is 4.67. The molecule has 0 saturated carbocycles. The Labute approximate surface area is 165 Å². The van der Waals surface area contributed by atoms with Gasteiger partial charge in [-0.15, -0.1) is 22.7 Å². The van der Waals surface area contributed by atoms with Gasteiger partial charge in [-0.2, -0.15) is 0 Å². The molecule has 11 heteroatoms. The number of thiophene rings is 2. The Balaban J connectivity index is 1.65. The van der Waals surface area contributed by atoms with Gasteiger partial charge in [-0.25, -0.2) is 4.98 Å². The van der Waals surface area contributed by atoms with Crippen LogP contribution in [-0.4, -0.2) is 25.4 Å². The molecule has 0 aliphatic rings. The smallest absolute Gasteiger partial charge is 0.310 e. The van der Waals surface area contributed by atoms with Crippen molar-refractivity contribution in [3.8, 4) is 10.4 Å². The lowest BCUT2D eigenvalue weighted by Crippen LogP contribution is -2.28. The highest BCUT2D eigenvalue weighted by Crippen LogP contribution is 2.33. The van der Waals surface area contributed by atoms with Crippen LogP contribution in [0.3, 0.4) is 0 Å². The number of anilines is 1. The number of hydrogen-bond donors (Lipinski definition) is 1. The number of aromatic nitrogens is 3. The minimum atomic E-state index is -0.638. The summed E-state index contributed by atoms with van der Waals surface area (Å²) in [5.41, 5.74) is 0.137. The number of amides is 1. The molecular formula is C17H11N5O4S2. The molecule has 9 nitrogen and oxygen atoms in total. The highest BCUT2D eigenvalue weighted by Gasteiger charge is 2.18. The minimum Gasteiger partial charge on any atom is -0.319 e. The van der Waals surface area contributed by atoms with Crippen LogP contribution in [0.25, 0.3) is 20.7 Å². The molecule has 1 N–H and O–H groups in total. The summed E-state index contributed by atoms with van der Waals surface area (Å²) in [6.45, 7) is -0.318. The van der Waals surface area contributed by atoms with Crippen LogP contribution in [0.15, 0.2) is 52.5 Å². The molecule has 4 rings (SSSR count). The first-order chi connectivity index (χ1) is 13.5. The average Bonchev–Trinajstić information content (AvgIpc) is 3.33. The highest BCUT2D eigenvalue weighted by molar-refractivity contribution is 7.18. The van der Waals surface area contributed by atoms with Crippen LogP contribution in [0.1, 0.15) is 0 Å². The number of rotatable bonds is 5. The Morgan fingerprint density at radius 2 is 2.18 bits per heavy atom. The van der Waals surface area contributed by atoms with E-state index in [-0.39, 0.29) is 23.5 Å². The standard InChI is InChI=1S/C17H11N5O4S2/c23-14(20-11-3-4-18-6-12(11)22(25)26)7-21-9-19-16-15(17(21)24)10(8-28-16)13-2-1-5-27-13/h1-6,8-9H,7H2,(H,18,20,23). The quantitative estimate of drug-likeness (QED) is 0.396. The number of hydrogen-bond acceptors (Lipinski definition) is 8. The van der Waals surface area contributed by atoms with Gasteiger partial charge in [0.25, 0.3) is 5.56 Å². The molecule has 0 aromatic carbocycles. The van der Waals surface area contributed by atoms with Crippen molar-refractivity contribution >= 4 is 50.2 Å². The summed E-state index contributed by atoms with van der Waals surface area (Å²) in [6, 6.07) is 5.14. The zero-order chi connectivity index (χ0) is 19.7. The number of nitrogens with zero attached hydrogens (tertiary/aromatic N) is 4. The van der Waals surface area contributed by atoms with Crippen LogP contribution in [0, 0.1) is 10.1 Å². The maximum Gasteiger partial charge on any atom is 0.310 e. The predicted octanol–water partition coefficient (Wildman–Crippen LogP) is 3.13. The first-order valence-corrected chi connectivity index (χ1v) is 9.69. The van der Waals surface area contributed by atoms with E-state index in [2.05, 4.69) is 15.3 Å². The number of nitrogens with one attached hydrogen (secondary N) is 1. The van der Waals surface area contributed by atoms with E-state index in [1.807, 2.05) is 22.9 Å². The number of fused-ring (bicyclic) bond motifs is 1. The predicted molar refractivity (Wildman–Crippen MR) is 107 cm³/mol. The summed E-state index contributed by atoms with van der Waals surface area (Å²) >= 11 is 2.87. The van der Waals surface area contributed by atoms with Gasteiger partial charge in [0.15, 0.2) is 0 Å². The molecule has 4 aromatic heterocycles. The third-order valence-corrected chi connectivity index (χ3v) is 5.72. The molecule has 4 aromatic rings. The van der Waals surface area contributed by atoms with Gasteiger partial charge in [0, 0.05) is 22.0 Å². The van der Waals surface area contributed by atoms with Crippen LogP contribution in [0.4, 0.5) is 11.4 Å². The van der Waals surface area contributed by atoms with Crippen LogP contribution >= 0.6 is 22.7 Å². The lowest BCUT2D eigenvalue weighted by atomic mass is 10.2. The Hall–Kier alpha value is -3.44. The number of carbonyl (C=O) groups excluding carboxylic acids is 1. The Bertz CT molecular complexity index is 1250. The van der Waals surface area contributed by atoms with Gasteiger partial charge in [0.1, 0.15) is 23.3 Å². The van der Waals surface area contributed by atoms with Crippen molar-refractivity contribution < 1.29 is 9.72 Å². The van der Waals surface area contributed by atoms with E-state index in [4.69, 9.17) is 0 Å². The molecule has 28 heavy (non-hydrogen) atoms. The summed E-state index contributed by atoms with van der Waals surface area (Å²) in [4.78, 5) is 45.1. The highest BCUT2D eigenvalue weighted by atomic mass is 32.1. The molecule has 0 saturated heterocycles. The van der Waals surface area contributed by atoms with Crippen LogP contribution in [-0.2, 0) is 11.3 Å². The van der Waals surface area contributed by atoms with Crippen molar-refractivity contribution in [3.63, 3.8) is 0 Å². The molecular weight excluding hydrogens is 402 g/mol. The van der Waals surface area contributed by atoms with Crippen molar-refractivity contribution in [2.24, 2.45) is 0 Å². The van der Waals surface area contributed by atoms with E-state index in [0.717, 1.165) is 16.6 Å². The first kappa shape index (κ1) is 17.9. The number of nitro groups is 1. The second-order valence-corrected chi connectivity index (χ2v) is 7.49. The summed E-state index contributed by atoms with van der Waals surface area (Å²) in [5.74, 6) is -0.578. The van der Waals surface area contributed by atoms with Crippen LogP contribution in [0.5, 0.6) is 0 Å². The zero-order valence-corrected chi connectivity index (χ0v) is 15.7. The molecule has 0 atom stereocenters. The fourth-order valence-electron chi connectivity index (χ4n) is 2.68. The van der Waals surface area contributed by atoms with Crippen molar-refractivity contribution in [1.82, 2.24) is 14.5 Å². The second kappa shape index (κ2) is 7.29. The topological polar surface area (TPSA) is 120 Å². The van der Waals surface area contributed by atoms with E-state index >= 15 is 0 Å². The van der Waals surface area contributed by atoms with Crippen molar-refractivity contribution in [2.45, 2.75) is 6.54 Å². The molecule has 140 valence electrons. The third-order valence-electron chi connectivity index (χ3n) is 3.93. The monoisotopic (exact) mass is 413 g/mol. The van der Waals surface area contributed by atoms with E-state index in [1.54, 1.807) is 0 Å². The van der Waals surface area contributed by atoms with E-state index in [1.165, 1.54) is 45.8 Å². The normalized spacial score (nSPS) is 10.9. The molecule has 4 heterocycles. The van der Waals surface area contributed by atoms with Gasteiger partial charge in [-0.05, 0) is 17.5 Å². The van der Waals surface area contributed by atoms with Crippen molar-refractivity contribution in [3.05, 3.63) is 68.1 Å². The van der Waals surface area contributed by atoms with Gasteiger partial charge >= 0.3 is 5.69 Å². The fraction of sp³-hybridized carbons (Fsp3) is 0.0588. The molecule has 0 fully saturated rings. The lowest BCUT2D eigenvalue weighted by Gasteiger charge is -2.07. The molecule has 0 spiro atoms. The summed E-state index contributed by atoms with van der Waals surface area (Å²) in [6.07, 6.45) is 3.69. The van der Waals surface area contributed by atoms with E-state index in [9.17, 15) is 19.7 Å². The Morgan fingerprint density at radius 3 is 2.93 bits per heavy atom. The van der Waals surface area contributed by atoms with Gasteiger partial charge in [0.2, 0.25) is 5.91 Å². The average molecular weight is 413 g/mol. The van der Waals surface area contributed by atoms with Gasteiger partial charge < -0.3 is 5.32 Å². The third kappa shape index (κ3) is 3.28. The first-order valence-electron chi connectivity index (χ1n) is 7.93. The number of pyridine rings is 1. The molecule has 0 aliphatic heterocycles. The van der Waals surface area contributed by atoms with Crippen molar-refractivity contribution in [2.75, 3.05) is 5.32 Å².